The second-order valence-corrected chi connectivity index (χ2v) is 5.58. The Morgan fingerprint density at radius 3 is 2.78 bits per heavy atom. The monoisotopic (exact) mass is 325 g/mol. The number of hydrogen-bond acceptors (Lipinski definition) is 9. The molecule has 1 aliphatic heterocycles. The lowest BCUT2D eigenvalue weighted by Gasteiger charge is -2.27. The van der Waals surface area contributed by atoms with Gasteiger partial charge in [-0.3, -0.25) is 9.40 Å². The minimum atomic E-state index is -1.61. The fourth-order valence-corrected chi connectivity index (χ4v) is 2.72. The van der Waals surface area contributed by atoms with E-state index < -0.39 is 30.6 Å². The molecule has 1 saturated heterocycles. The molecule has 23 heavy (non-hydrogen) atoms. The molecule has 3 heterocycles. The van der Waals surface area contributed by atoms with Gasteiger partial charge in [0.15, 0.2) is 23.2 Å². The Balaban J connectivity index is 2.08. The number of rotatable bonds is 4. The molecule has 3 rings (SSSR count). The predicted molar refractivity (Wildman–Crippen MR) is 78.4 cm³/mol. The van der Waals surface area contributed by atoms with E-state index in [1.54, 1.807) is 7.05 Å². The molecule has 0 saturated carbocycles. The zero-order valence-corrected chi connectivity index (χ0v) is 13.0. The van der Waals surface area contributed by atoms with Crippen LogP contribution in [0.4, 0.5) is 5.82 Å². The van der Waals surface area contributed by atoms with Gasteiger partial charge in [-0.2, -0.15) is 0 Å². The maximum Gasteiger partial charge on any atom is 0.183 e. The molecule has 1 aliphatic rings. The maximum absolute atomic E-state index is 10.6. The number of imidazole rings is 1. The van der Waals surface area contributed by atoms with E-state index in [-0.39, 0.29) is 0 Å². The summed E-state index contributed by atoms with van der Waals surface area (Å²) in [4.78, 5) is 17.7. The minimum Gasteiger partial charge on any atom is -0.394 e. The Morgan fingerprint density at radius 2 is 2.17 bits per heavy atom. The first-order chi connectivity index (χ1) is 10.9. The van der Waals surface area contributed by atoms with E-state index in [0.717, 1.165) is 0 Å². The summed E-state index contributed by atoms with van der Waals surface area (Å²) in [5.74, 6) is 0.452. The zero-order chi connectivity index (χ0) is 16.8. The smallest absolute Gasteiger partial charge is 0.183 e. The number of fused-ring (bicyclic) bond motifs is 1. The highest BCUT2D eigenvalue weighted by Crippen LogP contribution is 2.39. The molecule has 1 fully saturated rings. The van der Waals surface area contributed by atoms with E-state index in [9.17, 15) is 15.3 Å². The quantitative estimate of drug-likeness (QED) is 0.596. The number of nitrogens with zero attached hydrogens (tertiary/aromatic N) is 5. The summed E-state index contributed by atoms with van der Waals surface area (Å²) >= 11 is 0. The fourth-order valence-electron chi connectivity index (χ4n) is 2.72. The lowest BCUT2D eigenvalue weighted by molar-refractivity contribution is -0.0950. The van der Waals surface area contributed by atoms with Gasteiger partial charge in [-0.1, -0.05) is 0 Å². The van der Waals surface area contributed by atoms with Crippen LogP contribution < -0.4 is 5.06 Å². The molecule has 126 valence electrons. The third kappa shape index (κ3) is 2.35. The van der Waals surface area contributed by atoms with Crippen molar-refractivity contribution in [1.82, 2.24) is 19.5 Å². The molecule has 0 aromatic carbocycles. The third-order valence-electron chi connectivity index (χ3n) is 4.10. The number of hydroxylamine groups is 1. The highest BCUT2D eigenvalue weighted by Gasteiger charge is 2.53. The third-order valence-corrected chi connectivity index (χ3v) is 4.10. The number of aromatic nitrogens is 4. The van der Waals surface area contributed by atoms with E-state index >= 15 is 0 Å². The van der Waals surface area contributed by atoms with Gasteiger partial charge in [0.2, 0.25) is 0 Å². The number of ether oxygens (including phenoxy) is 1. The molecule has 3 N–H and O–H groups in total. The van der Waals surface area contributed by atoms with Crippen molar-refractivity contribution < 1.29 is 24.9 Å². The average molecular weight is 325 g/mol. The van der Waals surface area contributed by atoms with Crippen LogP contribution in [0.5, 0.6) is 0 Å². The Hall–Kier alpha value is -1.85. The summed E-state index contributed by atoms with van der Waals surface area (Å²) in [5, 5.41) is 31.4. The van der Waals surface area contributed by atoms with Crippen molar-refractivity contribution in [3.63, 3.8) is 0 Å². The Kier molecular flexibility index (Phi) is 3.94. The van der Waals surface area contributed by atoms with Crippen LogP contribution in [0.1, 0.15) is 13.2 Å². The Bertz CT molecular complexity index is 705. The highest BCUT2D eigenvalue weighted by molar-refractivity contribution is 5.82. The molecule has 0 radical (unpaired) electrons. The molecule has 2 aromatic rings. The first-order valence-corrected chi connectivity index (χ1v) is 7.04. The molecular weight excluding hydrogens is 306 g/mol. The summed E-state index contributed by atoms with van der Waals surface area (Å²) in [6, 6.07) is 0. The normalized spacial score (nSPS) is 31.0. The summed E-state index contributed by atoms with van der Waals surface area (Å²) in [6.07, 6.45) is -0.295. The van der Waals surface area contributed by atoms with Crippen molar-refractivity contribution in [3.05, 3.63) is 12.7 Å². The summed E-state index contributed by atoms with van der Waals surface area (Å²) in [7, 11) is 3.17. The van der Waals surface area contributed by atoms with Crippen LogP contribution in [0.15, 0.2) is 12.7 Å². The standard InChI is InChI=1S/C13H19N5O5/c1-13(21)9(20)7(4-19)23-12(13)18-6-16-8-10(17(2)22-3)14-5-15-11(8)18/h5-7,9,12,19-21H,4H2,1-3H3. The van der Waals surface area contributed by atoms with Crippen LogP contribution in [0.2, 0.25) is 0 Å². The molecule has 0 spiro atoms. The topological polar surface area (TPSA) is 126 Å². The van der Waals surface area contributed by atoms with Crippen LogP contribution in [0, 0.1) is 0 Å². The van der Waals surface area contributed by atoms with Gasteiger partial charge in [-0.05, 0) is 6.92 Å². The van der Waals surface area contributed by atoms with E-state index in [1.165, 1.54) is 36.3 Å². The van der Waals surface area contributed by atoms with Gasteiger partial charge < -0.3 is 20.1 Å². The second-order valence-electron chi connectivity index (χ2n) is 5.58. The van der Waals surface area contributed by atoms with Crippen LogP contribution >= 0.6 is 0 Å². The lowest BCUT2D eigenvalue weighted by Crippen LogP contribution is -2.44. The number of anilines is 1. The average Bonchev–Trinajstić information content (AvgIpc) is 3.06. The summed E-state index contributed by atoms with van der Waals surface area (Å²) in [5.41, 5.74) is -0.743. The maximum atomic E-state index is 10.6. The van der Waals surface area contributed by atoms with Crippen molar-refractivity contribution in [3.8, 4) is 0 Å². The fraction of sp³-hybridized carbons (Fsp3) is 0.615. The van der Waals surface area contributed by atoms with Gasteiger partial charge in [0.05, 0.1) is 20.0 Å². The van der Waals surface area contributed by atoms with E-state index in [4.69, 9.17) is 9.57 Å². The van der Waals surface area contributed by atoms with Crippen molar-refractivity contribution in [2.45, 2.75) is 31.0 Å². The SMILES string of the molecule is CON(C)c1ncnc2c1ncn2C1OC(CO)C(O)C1(C)O. The largest absolute Gasteiger partial charge is 0.394 e. The number of aliphatic hydroxyl groups excluding tert-OH is 2. The second kappa shape index (κ2) is 5.65. The predicted octanol–water partition coefficient (Wildman–Crippen LogP) is -1.17. The van der Waals surface area contributed by atoms with E-state index in [2.05, 4.69) is 15.0 Å². The van der Waals surface area contributed by atoms with E-state index in [1.807, 2.05) is 0 Å². The molecule has 4 atom stereocenters. The van der Waals surface area contributed by atoms with Crippen molar-refractivity contribution in [1.29, 1.82) is 0 Å². The van der Waals surface area contributed by atoms with Crippen LogP contribution in [-0.4, -0.2) is 73.4 Å². The molecule has 2 aromatic heterocycles. The summed E-state index contributed by atoms with van der Waals surface area (Å²) < 4.78 is 7.09. The number of hydrogen-bond donors (Lipinski definition) is 3. The summed E-state index contributed by atoms with van der Waals surface area (Å²) in [6.45, 7) is 1.03. The van der Waals surface area contributed by atoms with Crippen molar-refractivity contribution in [2.75, 3.05) is 25.8 Å². The molecular formula is C13H19N5O5. The minimum absolute atomic E-state index is 0.410. The van der Waals surface area contributed by atoms with Gasteiger partial charge >= 0.3 is 0 Å². The zero-order valence-electron chi connectivity index (χ0n) is 13.0. The Morgan fingerprint density at radius 1 is 1.43 bits per heavy atom. The van der Waals surface area contributed by atoms with E-state index in [0.29, 0.717) is 17.0 Å². The van der Waals surface area contributed by atoms with Gasteiger partial charge in [0, 0.05) is 7.05 Å². The molecule has 0 amide bonds. The number of aliphatic hydroxyl groups is 3. The van der Waals surface area contributed by atoms with Gasteiger partial charge in [-0.25, -0.2) is 20.0 Å². The van der Waals surface area contributed by atoms with Gasteiger partial charge in [0.25, 0.3) is 0 Å². The first kappa shape index (κ1) is 16.0. The molecule has 0 bridgehead atoms. The van der Waals surface area contributed by atoms with Crippen LogP contribution in [0.25, 0.3) is 11.2 Å². The lowest BCUT2D eigenvalue weighted by atomic mass is 9.96. The highest BCUT2D eigenvalue weighted by atomic mass is 16.7. The van der Waals surface area contributed by atoms with Crippen molar-refractivity contribution in [2.24, 2.45) is 0 Å². The first-order valence-electron chi connectivity index (χ1n) is 7.04. The molecule has 0 aliphatic carbocycles. The van der Waals surface area contributed by atoms with Crippen molar-refractivity contribution >= 4 is 17.0 Å². The Labute approximate surface area is 131 Å². The molecule has 10 heteroatoms. The van der Waals surface area contributed by atoms with Crippen LogP contribution in [-0.2, 0) is 9.57 Å². The van der Waals surface area contributed by atoms with Gasteiger partial charge in [0.1, 0.15) is 24.1 Å². The molecule has 4 unspecified atom stereocenters. The molecule has 10 nitrogen and oxygen atoms in total. The van der Waals surface area contributed by atoms with Crippen LogP contribution in [0.3, 0.4) is 0 Å². The van der Waals surface area contributed by atoms with Gasteiger partial charge in [-0.15, -0.1) is 0 Å².